The summed E-state index contributed by atoms with van der Waals surface area (Å²) in [6, 6.07) is 10.3. The van der Waals surface area contributed by atoms with Gasteiger partial charge in [0.25, 0.3) is 0 Å². The highest BCUT2D eigenvalue weighted by atomic mass is 32.2. The number of aromatic nitrogens is 1. The Hall–Kier alpha value is -2.61. The number of carbonyl (C=O) groups excluding carboxylic acids is 1. The first kappa shape index (κ1) is 18.7. The number of hydrogen-bond donors (Lipinski definition) is 1. The first-order valence-corrected chi connectivity index (χ1v) is 9.61. The molecular weight excluding hydrogens is 342 g/mol. The van der Waals surface area contributed by atoms with Crippen LogP contribution in [0, 0.1) is 0 Å². The molecule has 0 saturated heterocycles. The molecule has 1 heterocycles. The fourth-order valence-corrected chi connectivity index (χ4v) is 3.07. The molecule has 0 aliphatic carbocycles. The fourth-order valence-electron chi connectivity index (χ4n) is 2.21. The van der Waals surface area contributed by atoms with Crippen molar-refractivity contribution in [2.75, 3.05) is 23.7 Å². The lowest BCUT2D eigenvalue weighted by Gasteiger charge is -2.24. The molecule has 0 aliphatic heterocycles. The molecule has 0 spiro atoms. The Balaban J connectivity index is 2.15. The van der Waals surface area contributed by atoms with E-state index >= 15 is 0 Å². The van der Waals surface area contributed by atoms with E-state index in [0.29, 0.717) is 18.0 Å². The molecular formula is C17H21N3O4S. The SMILES string of the molecule is CCOc1ccccc1N(CC(=O)NCc1cccnc1)S(C)(=O)=O. The van der Waals surface area contributed by atoms with Crippen molar-refractivity contribution in [3.05, 3.63) is 54.4 Å². The van der Waals surface area contributed by atoms with E-state index in [9.17, 15) is 13.2 Å². The van der Waals surface area contributed by atoms with E-state index in [2.05, 4.69) is 10.3 Å². The predicted octanol–water partition coefficient (Wildman–Crippen LogP) is 1.56. The molecule has 7 nitrogen and oxygen atoms in total. The van der Waals surface area contributed by atoms with Gasteiger partial charge < -0.3 is 10.1 Å². The number of ether oxygens (including phenoxy) is 1. The van der Waals surface area contributed by atoms with Crippen LogP contribution in [0.5, 0.6) is 5.75 Å². The second-order valence-corrected chi connectivity index (χ2v) is 7.22. The molecule has 134 valence electrons. The van der Waals surface area contributed by atoms with E-state index in [-0.39, 0.29) is 13.1 Å². The summed E-state index contributed by atoms with van der Waals surface area (Å²) in [6.45, 7) is 2.14. The molecule has 2 aromatic rings. The Morgan fingerprint density at radius 3 is 2.64 bits per heavy atom. The summed E-state index contributed by atoms with van der Waals surface area (Å²) in [5.74, 6) is -0.00364. The largest absolute Gasteiger partial charge is 0.492 e. The maximum atomic E-state index is 12.2. The van der Waals surface area contributed by atoms with Gasteiger partial charge in [-0.2, -0.15) is 0 Å². The number of sulfonamides is 1. The second kappa shape index (κ2) is 8.48. The van der Waals surface area contributed by atoms with Crippen molar-refractivity contribution in [2.45, 2.75) is 13.5 Å². The zero-order valence-electron chi connectivity index (χ0n) is 14.2. The molecule has 25 heavy (non-hydrogen) atoms. The fraction of sp³-hybridized carbons (Fsp3) is 0.294. The van der Waals surface area contributed by atoms with Gasteiger partial charge in [-0.3, -0.25) is 14.1 Å². The van der Waals surface area contributed by atoms with Gasteiger partial charge >= 0.3 is 0 Å². The molecule has 0 saturated carbocycles. The van der Waals surface area contributed by atoms with Crippen LogP contribution >= 0.6 is 0 Å². The van der Waals surface area contributed by atoms with Crippen molar-refractivity contribution < 1.29 is 17.9 Å². The molecule has 0 fully saturated rings. The molecule has 1 aromatic heterocycles. The zero-order valence-corrected chi connectivity index (χ0v) is 15.0. The summed E-state index contributed by atoms with van der Waals surface area (Å²) in [6.07, 6.45) is 4.34. The van der Waals surface area contributed by atoms with Gasteiger partial charge in [-0.15, -0.1) is 0 Å². The molecule has 1 amide bonds. The highest BCUT2D eigenvalue weighted by Crippen LogP contribution is 2.29. The van der Waals surface area contributed by atoms with Crippen molar-refractivity contribution in [2.24, 2.45) is 0 Å². The van der Waals surface area contributed by atoms with Crippen LogP contribution < -0.4 is 14.4 Å². The van der Waals surface area contributed by atoms with Crippen LogP contribution in [0.1, 0.15) is 12.5 Å². The van der Waals surface area contributed by atoms with Gasteiger partial charge in [-0.05, 0) is 30.7 Å². The second-order valence-electron chi connectivity index (χ2n) is 5.31. The predicted molar refractivity (Wildman–Crippen MR) is 95.9 cm³/mol. The lowest BCUT2D eigenvalue weighted by Crippen LogP contribution is -2.40. The molecule has 1 N–H and O–H groups in total. The van der Waals surface area contributed by atoms with Gasteiger partial charge in [-0.1, -0.05) is 18.2 Å². The monoisotopic (exact) mass is 363 g/mol. The summed E-state index contributed by atoms with van der Waals surface area (Å²) in [4.78, 5) is 16.2. The molecule has 0 radical (unpaired) electrons. The smallest absolute Gasteiger partial charge is 0.241 e. The van der Waals surface area contributed by atoms with Crippen LogP contribution in [-0.4, -0.2) is 38.7 Å². The Kier molecular flexibility index (Phi) is 6.35. The van der Waals surface area contributed by atoms with Gasteiger partial charge in [0, 0.05) is 18.9 Å². The summed E-state index contributed by atoms with van der Waals surface area (Å²) in [7, 11) is -3.66. The Morgan fingerprint density at radius 1 is 1.24 bits per heavy atom. The number of rotatable bonds is 8. The van der Waals surface area contributed by atoms with Gasteiger partial charge in [0.05, 0.1) is 18.6 Å². The number of hydrogen-bond acceptors (Lipinski definition) is 5. The first-order valence-electron chi connectivity index (χ1n) is 7.77. The quantitative estimate of drug-likeness (QED) is 0.769. The number of pyridine rings is 1. The van der Waals surface area contributed by atoms with Crippen LogP contribution in [0.3, 0.4) is 0 Å². The van der Waals surface area contributed by atoms with Gasteiger partial charge in [0.15, 0.2) is 0 Å². The molecule has 0 bridgehead atoms. The minimum atomic E-state index is -3.66. The lowest BCUT2D eigenvalue weighted by atomic mass is 10.3. The minimum Gasteiger partial charge on any atom is -0.492 e. The van der Waals surface area contributed by atoms with Gasteiger partial charge in [-0.25, -0.2) is 8.42 Å². The van der Waals surface area contributed by atoms with Crippen molar-refractivity contribution in [1.29, 1.82) is 0 Å². The number of para-hydroxylation sites is 2. The molecule has 1 aromatic carbocycles. The van der Waals surface area contributed by atoms with E-state index in [4.69, 9.17) is 4.74 Å². The van der Waals surface area contributed by atoms with Crippen molar-refractivity contribution in [3.8, 4) is 5.75 Å². The Morgan fingerprint density at radius 2 is 2.00 bits per heavy atom. The van der Waals surface area contributed by atoms with Crippen molar-refractivity contribution in [1.82, 2.24) is 10.3 Å². The van der Waals surface area contributed by atoms with Gasteiger partial charge in [0.2, 0.25) is 15.9 Å². The van der Waals surface area contributed by atoms with Crippen LogP contribution in [0.25, 0.3) is 0 Å². The third kappa shape index (κ3) is 5.46. The van der Waals surface area contributed by atoms with Crippen LogP contribution in [-0.2, 0) is 21.4 Å². The lowest BCUT2D eigenvalue weighted by molar-refractivity contribution is -0.119. The Labute approximate surface area is 147 Å². The number of anilines is 1. The summed E-state index contributed by atoms with van der Waals surface area (Å²) >= 11 is 0. The third-order valence-electron chi connectivity index (χ3n) is 3.33. The average molecular weight is 363 g/mol. The van der Waals surface area contributed by atoms with E-state index in [1.807, 2.05) is 13.0 Å². The van der Waals surface area contributed by atoms with E-state index in [1.165, 1.54) is 0 Å². The maximum absolute atomic E-state index is 12.2. The van der Waals surface area contributed by atoms with E-state index in [0.717, 1.165) is 16.1 Å². The molecule has 0 atom stereocenters. The molecule has 2 rings (SSSR count). The van der Waals surface area contributed by atoms with E-state index in [1.54, 1.807) is 42.7 Å². The molecule has 8 heteroatoms. The number of nitrogens with one attached hydrogen (secondary N) is 1. The van der Waals surface area contributed by atoms with Crippen LogP contribution in [0.2, 0.25) is 0 Å². The summed E-state index contributed by atoms with van der Waals surface area (Å²) in [5, 5.41) is 2.70. The standard InChI is InChI=1S/C17H21N3O4S/c1-3-24-16-9-5-4-8-15(16)20(25(2,22)23)13-17(21)19-12-14-7-6-10-18-11-14/h4-11H,3,12-13H2,1-2H3,(H,19,21). The number of benzene rings is 1. The number of amides is 1. The van der Waals surface area contributed by atoms with Crippen molar-refractivity contribution >= 4 is 21.6 Å². The summed E-state index contributed by atoms with van der Waals surface area (Å²) in [5.41, 5.74) is 1.17. The highest BCUT2D eigenvalue weighted by Gasteiger charge is 2.23. The van der Waals surface area contributed by atoms with Crippen LogP contribution in [0.15, 0.2) is 48.8 Å². The zero-order chi connectivity index (χ0) is 18.3. The maximum Gasteiger partial charge on any atom is 0.241 e. The molecule has 0 aliphatic rings. The minimum absolute atomic E-state index is 0.275. The number of carbonyl (C=O) groups is 1. The topological polar surface area (TPSA) is 88.6 Å². The first-order chi connectivity index (χ1) is 11.9. The van der Waals surface area contributed by atoms with E-state index < -0.39 is 15.9 Å². The normalized spacial score (nSPS) is 11.0. The molecule has 0 unspecified atom stereocenters. The van der Waals surface area contributed by atoms with Crippen LogP contribution in [0.4, 0.5) is 5.69 Å². The van der Waals surface area contributed by atoms with Gasteiger partial charge in [0.1, 0.15) is 12.3 Å². The van der Waals surface area contributed by atoms with Crippen molar-refractivity contribution in [3.63, 3.8) is 0 Å². The number of nitrogens with zero attached hydrogens (tertiary/aromatic N) is 2. The third-order valence-corrected chi connectivity index (χ3v) is 4.46. The summed E-state index contributed by atoms with van der Waals surface area (Å²) < 4.78 is 30.9. The average Bonchev–Trinajstić information content (AvgIpc) is 2.59. The Bertz CT molecular complexity index is 810. The highest BCUT2D eigenvalue weighted by molar-refractivity contribution is 7.92.